The van der Waals surface area contributed by atoms with Crippen LogP contribution in [-0.2, 0) is 16.0 Å². The van der Waals surface area contributed by atoms with Gasteiger partial charge in [-0.3, -0.25) is 9.80 Å². The third-order valence-electron chi connectivity index (χ3n) is 4.94. The largest absolute Gasteiger partial charge is 0.379 e. The molecular formula is C15H23N3O2S. The smallest absolute Gasteiger partial charge is 0.107 e. The van der Waals surface area contributed by atoms with Gasteiger partial charge in [0.1, 0.15) is 5.01 Å². The Morgan fingerprint density at radius 1 is 1.24 bits per heavy atom. The van der Waals surface area contributed by atoms with Crippen molar-refractivity contribution < 1.29 is 9.47 Å². The molecule has 0 N–H and O–H groups in total. The molecule has 1 aromatic heterocycles. The van der Waals surface area contributed by atoms with Crippen LogP contribution >= 0.6 is 11.3 Å². The van der Waals surface area contributed by atoms with Crippen LogP contribution in [0, 0.1) is 0 Å². The van der Waals surface area contributed by atoms with E-state index in [1.807, 2.05) is 6.20 Å². The van der Waals surface area contributed by atoms with Crippen LogP contribution in [0.3, 0.4) is 0 Å². The van der Waals surface area contributed by atoms with Gasteiger partial charge in [0.25, 0.3) is 0 Å². The zero-order valence-electron chi connectivity index (χ0n) is 12.3. The minimum Gasteiger partial charge on any atom is -0.379 e. The number of nitrogens with zero attached hydrogens (tertiary/aromatic N) is 3. The van der Waals surface area contributed by atoms with Crippen LogP contribution < -0.4 is 0 Å². The summed E-state index contributed by atoms with van der Waals surface area (Å²) < 4.78 is 11.7. The normalized spacial score (nSPS) is 35.0. The van der Waals surface area contributed by atoms with E-state index in [0.717, 1.165) is 46.0 Å². The first-order valence-corrected chi connectivity index (χ1v) is 8.85. The van der Waals surface area contributed by atoms with E-state index in [1.165, 1.54) is 17.8 Å². The summed E-state index contributed by atoms with van der Waals surface area (Å²) in [7, 11) is 0. The van der Waals surface area contributed by atoms with Crippen LogP contribution in [0.1, 0.15) is 17.8 Å². The lowest BCUT2D eigenvalue weighted by Crippen LogP contribution is -2.51. The van der Waals surface area contributed by atoms with Gasteiger partial charge in [-0.05, 0) is 12.8 Å². The molecule has 5 nitrogen and oxygen atoms in total. The highest BCUT2D eigenvalue weighted by Crippen LogP contribution is 2.33. The number of hydrogen-bond donors (Lipinski definition) is 0. The quantitative estimate of drug-likeness (QED) is 0.839. The first kappa shape index (κ1) is 14.1. The lowest BCUT2D eigenvalue weighted by molar-refractivity contribution is -0.0593. The molecule has 0 aromatic carbocycles. The second-order valence-electron chi connectivity index (χ2n) is 6.12. The molecule has 4 heterocycles. The molecule has 4 rings (SSSR count). The molecule has 21 heavy (non-hydrogen) atoms. The highest BCUT2D eigenvalue weighted by Gasteiger charge is 2.46. The molecular weight excluding hydrogens is 286 g/mol. The maximum Gasteiger partial charge on any atom is 0.107 e. The highest BCUT2D eigenvalue weighted by atomic mass is 32.1. The van der Waals surface area contributed by atoms with Crippen LogP contribution in [0.5, 0.6) is 0 Å². The van der Waals surface area contributed by atoms with Gasteiger partial charge in [-0.1, -0.05) is 0 Å². The lowest BCUT2D eigenvalue weighted by Gasteiger charge is -2.37. The second-order valence-corrected chi connectivity index (χ2v) is 7.10. The molecule has 3 atom stereocenters. The second kappa shape index (κ2) is 6.30. The van der Waals surface area contributed by atoms with Gasteiger partial charge in [0.15, 0.2) is 0 Å². The summed E-state index contributed by atoms with van der Waals surface area (Å²) in [4.78, 5) is 9.64. The van der Waals surface area contributed by atoms with Crippen molar-refractivity contribution in [2.75, 3.05) is 39.5 Å². The summed E-state index contributed by atoms with van der Waals surface area (Å²) >= 11 is 1.76. The maximum absolute atomic E-state index is 6.18. The van der Waals surface area contributed by atoms with Crippen molar-refractivity contribution in [3.8, 4) is 0 Å². The van der Waals surface area contributed by atoms with Gasteiger partial charge < -0.3 is 9.47 Å². The van der Waals surface area contributed by atoms with Gasteiger partial charge in [-0.15, -0.1) is 11.3 Å². The van der Waals surface area contributed by atoms with Crippen molar-refractivity contribution >= 4 is 11.3 Å². The Bertz CT molecular complexity index is 450. The van der Waals surface area contributed by atoms with E-state index in [-0.39, 0.29) is 0 Å². The topological polar surface area (TPSA) is 37.8 Å². The zero-order chi connectivity index (χ0) is 14.1. The number of likely N-dealkylation sites (tertiary alicyclic amines) is 1. The molecule has 0 bridgehead atoms. The van der Waals surface area contributed by atoms with Crippen LogP contribution in [0.15, 0.2) is 11.6 Å². The Hall–Kier alpha value is -0.530. The van der Waals surface area contributed by atoms with Crippen LogP contribution in [0.25, 0.3) is 0 Å². The van der Waals surface area contributed by atoms with Gasteiger partial charge in [0.05, 0.1) is 31.9 Å². The summed E-state index contributed by atoms with van der Waals surface area (Å²) in [5.74, 6) is 0. The fourth-order valence-corrected chi connectivity index (χ4v) is 4.58. The number of morpholine rings is 1. The van der Waals surface area contributed by atoms with E-state index in [0.29, 0.717) is 18.2 Å². The molecule has 0 saturated carbocycles. The van der Waals surface area contributed by atoms with Crippen LogP contribution in [-0.4, -0.2) is 72.4 Å². The van der Waals surface area contributed by atoms with Crippen molar-refractivity contribution in [2.24, 2.45) is 0 Å². The molecule has 0 spiro atoms. The lowest BCUT2D eigenvalue weighted by atomic mass is 10.00. The first-order chi connectivity index (χ1) is 10.4. The first-order valence-electron chi connectivity index (χ1n) is 7.97. The van der Waals surface area contributed by atoms with Gasteiger partial charge in [-0.2, -0.15) is 0 Å². The average Bonchev–Trinajstić information content (AvgIpc) is 3.17. The van der Waals surface area contributed by atoms with Crippen molar-refractivity contribution in [2.45, 2.75) is 37.6 Å². The summed E-state index contributed by atoms with van der Waals surface area (Å²) in [5.41, 5.74) is 0. The predicted molar refractivity (Wildman–Crippen MR) is 81.5 cm³/mol. The molecule has 116 valence electrons. The van der Waals surface area contributed by atoms with Crippen molar-refractivity contribution in [1.82, 2.24) is 14.8 Å². The van der Waals surface area contributed by atoms with Gasteiger partial charge in [-0.25, -0.2) is 4.98 Å². The summed E-state index contributed by atoms with van der Waals surface area (Å²) in [6.45, 7) is 6.82. The third kappa shape index (κ3) is 2.87. The van der Waals surface area contributed by atoms with Gasteiger partial charge in [0, 0.05) is 43.9 Å². The molecule has 3 fully saturated rings. The summed E-state index contributed by atoms with van der Waals surface area (Å²) in [6, 6.07) is 1.09. The Labute approximate surface area is 129 Å². The zero-order valence-corrected chi connectivity index (χ0v) is 13.1. The van der Waals surface area contributed by atoms with E-state index in [4.69, 9.17) is 9.47 Å². The number of hydrogen-bond acceptors (Lipinski definition) is 6. The maximum atomic E-state index is 6.18. The molecule has 3 saturated heterocycles. The fourth-order valence-electron chi connectivity index (χ4n) is 3.94. The number of thiazole rings is 1. The SMILES string of the molecule is c1csc(CN2C[C@H](N3CCOCC3)[C@@H]3OCCC[C@@H]32)n1. The molecule has 0 unspecified atom stereocenters. The van der Waals surface area contributed by atoms with E-state index < -0.39 is 0 Å². The molecule has 3 aliphatic heterocycles. The molecule has 0 aliphatic carbocycles. The predicted octanol–water partition coefficient (Wildman–Crippen LogP) is 1.21. The third-order valence-corrected chi connectivity index (χ3v) is 5.70. The van der Waals surface area contributed by atoms with Gasteiger partial charge in [0.2, 0.25) is 0 Å². The van der Waals surface area contributed by atoms with Crippen LogP contribution in [0.2, 0.25) is 0 Å². The van der Waals surface area contributed by atoms with E-state index in [2.05, 4.69) is 20.2 Å². The van der Waals surface area contributed by atoms with Crippen molar-refractivity contribution in [3.05, 3.63) is 16.6 Å². The fraction of sp³-hybridized carbons (Fsp3) is 0.800. The minimum absolute atomic E-state index is 0.372. The monoisotopic (exact) mass is 309 g/mol. The van der Waals surface area contributed by atoms with E-state index in [9.17, 15) is 0 Å². The summed E-state index contributed by atoms with van der Waals surface area (Å²) in [6.07, 6.45) is 4.73. The number of rotatable bonds is 3. The molecule has 0 amide bonds. The Morgan fingerprint density at radius 2 is 2.14 bits per heavy atom. The van der Waals surface area contributed by atoms with Crippen LogP contribution in [0.4, 0.5) is 0 Å². The Balaban J connectivity index is 1.49. The number of fused-ring (bicyclic) bond motifs is 1. The summed E-state index contributed by atoms with van der Waals surface area (Å²) in [5, 5.41) is 3.29. The molecule has 6 heteroatoms. The standard InChI is InChI=1S/C15H23N3O2S/c1-2-12-15(20-6-1)13(17-4-7-19-8-5-17)10-18(12)11-14-16-3-9-21-14/h3,9,12-13,15H,1-2,4-8,10-11H2/t12-,13-,15+/m0/s1. The van der Waals surface area contributed by atoms with Crippen molar-refractivity contribution in [1.29, 1.82) is 0 Å². The molecule has 3 aliphatic rings. The number of aromatic nitrogens is 1. The van der Waals surface area contributed by atoms with Gasteiger partial charge >= 0.3 is 0 Å². The molecule has 0 radical (unpaired) electrons. The highest BCUT2D eigenvalue weighted by molar-refractivity contribution is 7.09. The Kier molecular flexibility index (Phi) is 4.23. The molecule has 1 aromatic rings. The van der Waals surface area contributed by atoms with Crippen molar-refractivity contribution in [3.63, 3.8) is 0 Å². The average molecular weight is 309 g/mol. The van der Waals surface area contributed by atoms with E-state index in [1.54, 1.807) is 11.3 Å². The van der Waals surface area contributed by atoms with E-state index >= 15 is 0 Å². The Morgan fingerprint density at radius 3 is 2.95 bits per heavy atom. The minimum atomic E-state index is 0.372. The number of ether oxygens (including phenoxy) is 2.